The molecule has 39 heavy (non-hydrogen) atoms. The zero-order valence-electron chi connectivity index (χ0n) is 17.8. The first-order valence-corrected chi connectivity index (χ1v) is 8.85. The normalized spacial score (nSPS) is 16.7. The molecule has 23 heteroatoms. The average molecular weight is 632 g/mol. The molecule has 0 amide bonds. The van der Waals surface area contributed by atoms with Gasteiger partial charge in [0.05, 0.1) is 6.42 Å². The third-order valence-corrected chi connectivity index (χ3v) is 4.60. The Morgan fingerprint density at radius 1 is 0.590 bits per heavy atom. The number of hydrogen-bond donors (Lipinski definition) is 0. The van der Waals surface area contributed by atoms with Gasteiger partial charge in [-0.15, -0.1) is 0 Å². The predicted molar refractivity (Wildman–Crippen MR) is 80.9 cm³/mol. The predicted octanol–water partition coefficient (Wildman–Crippen LogP) is 7.77. The van der Waals surface area contributed by atoms with Gasteiger partial charge >= 0.3 is 65.2 Å². The lowest BCUT2D eigenvalue weighted by molar-refractivity contribution is -0.469. The molecule has 1 atom stereocenters. The fourth-order valence-electron chi connectivity index (χ4n) is 2.23. The van der Waals surface area contributed by atoms with Crippen molar-refractivity contribution < 1.29 is 102 Å². The third kappa shape index (κ3) is 5.05. The van der Waals surface area contributed by atoms with Gasteiger partial charge in [-0.3, -0.25) is 0 Å². The summed E-state index contributed by atoms with van der Waals surface area (Å²) in [7, 11) is 0. The van der Waals surface area contributed by atoms with E-state index in [1.165, 1.54) is 0 Å². The topological polar surface area (TPSA) is 26.3 Å². The number of ether oxygens (including phenoxy) is 1. The minimum atomic E-state index is -9.17. The Morgan fingerprint density at radius 2 is 0.846 bits per heavy atom. The average Bonchev–Trinajstić information content (AvgIpc) is 2.70. The fourth-order valence-corrected chi connectivity index (χ4v) is 2.23. The maximum atomic E-state index is 13.7. The van der Waals surface area contributed by atoms with Crippen molar-refractivity contribution in [2.24, 2.45) is 0 Å². The zero-order valence-corrected chi connectivity index (χ0v) is 17.8. The molecule has 0 aromatic carbocycles. The van der Waals surface area contributed by atoms with E-state index in [2.05, 4.69) is 11.3 Å². The quantitative estimate of drug-likeness (QED) is 0.118. The lowest BCUT2D eigenvalue weighted by Crippen LogP contribution is -2.77. The van der Waals surface area contributed by atoms with Gasteiger partial charge < -0.3 is 4.74 Å². The van der Waals surface area contributed by atoms with Crippen LogP contribution in [0.5, 0.6) is 0 Å². The first-order chi connectivity index (χ1) is 16.6. The van der Waals surface area contributed by atoms with Crippen molar-refractivity contribution in [3.63, 3.8) is 0 Å². The van der Waals surface area contributed by atoms with Crippen LogP contribution in [0, 0.1) is 0 Å². The van der Waals surface area contributed by atoms with Crippen LogP contribution in [0.25, 0.3) is 0 Å². The van der Waals surface area contributed by atoms with Crippen LogP contribution in [-0.4, -0.2) is 71.6 Å². The van der Waals surface area contributed by atoms with Crippen LogP contribution in [0.15, 0.2) is 12.7 Å². The van der Waals surface area contributed by atoms with Gasteiger partial charge in [0, 0.05) is 13.0 Å². The zero-order chi connectivity index (χ0) is 32.3. The van der Waals surface area contributed by atoms with E-state index in [9.17, 15) is 97.0 Å². The molecule has 0 saturated carbocycles. The highest BCUT2D eigenvalue weighted by molar-refractivity contribution is 5.81. The lowest BCUT2D eigenvalue weighted by Gasteiger charge is -2.45. The summed E-state index contributed by atoms with van der Waals surface area (Å²) in [5, 5.41) is 0. The van der Waals surface area contributed by atoms with Crippen LogP contribution < -0.4 is 0 Å². The first kappa shape index (κ1) is 36.7. The number of hydrogen-bond acceptors (Lipinski definition) is 2. The molecule has 0 heterocycles. The fraction of sp³-hybridized carbons (Fsp3) is 0.812. The SMILES string of the molecule is C=CC(=O)OC(F)CC(F)(F)C(F)(F)C(F)(F)C(F)(F)C(F)(F)C(F)(F)C(F)(F)C(F)(F)C(F)(F)C(C)(F)F. The number of carbonyl (C=O) groups excluding carboxylic acids is 1. The van der Waals surface area contributed by atoms with Crippen molar-refractivity contribution in [2.75, 3.05) is 0 Å². The lowest BCUT2D eigenvalue weighted by atomic mass is 9.85. The number of carbonyl (C=O) groups is 1. The molecule has 0 aromatic heterocycles. The van der Waals surface area contributed by atoms with Gasteiger partial charge in [0.15, 0.2) is 0 Å². The summed E-state index contributed by atoms with van der Waals surface area (Å²) >= 11 is 0. The molecular weight excluding hydrogens is 623 g/mol. The van der Waals surface area contributed by atoms with Gasteiger partial charge in [0.1, 0.15) is 0 Å². The van der Waals surface area contributed by atoms with Gasteiger partial charge in [0.25, 0.3) is 0 Å². The second-order valence-corrected chi connectivity index (χ2v) is 7.44. The Labute approximate surface area is 200 Å². The summed E-state index contributed by atoms with van der Waals surface area (Å²) in [5.74, 6) is -85.6. The molecule has 0 bridgehead atoms. The summed E-state index contributed by atoms with van der Waals surface area (Å²) in [6.45, 7) is 1.08. The van der Waals surface area contributed by atoms with Gasteiger partial charge in [-0.2, -0.15) is 87.8 Å². The summed E-state index contributed by atoms with van der Waals surface area (Å²) in [4.78, 5) is 10.6. The smallest absolute Gasteiger partial charge is 0.385 e. The van der Waals surface area contributed by atoms with Crippen molar-refractivity contribution in [3.8, 4) is 0 Å². The van der Waals surface area contributed by atoms with Crippen molar-refractivity contribution in [1.29, 1.82) is 0 Å². The molecule has 0 N–H and O–H groups in total. The van der Waals surface area contributed by atoms with Crippen LogP contribution in [-0.2, 0) is 9.53 Å². The largest absolute Gasteiger partial charge is 0.428 e. The van der Waals surface area contributed by atoms with Gasteiger partial charge in [-0.25, -0.2) is 9.18 Å². The Morgan fingerprint density at radius 3 is 1.10 bits per heavy atom. The molecule has 0 aliphatic rings. The van der Waals surface area contributed by atoms with Crippen LogP contribution in [0.1, 0.15) is 13.3 Å². The Balaban J connectivity index is 6.91. The van der Waals surface area contributed by atoms with Crippen molar-refractivity contribution >= 4 is 5.97 Å². The molecule has 0 spiro atoms. The van der Waals surface area contributed by atoms with Crippen molar-refractivity contribution in [3.05, 3.63) is 12.7 Å². The van der Waals surface area contributed by atoms with E-state index in [0.717, 1.165) is 0 Å². The molecule has 0 rings (SSSR count). The van der Waals surface area contributed by atoms with E-state index in [0.29, 0.717) is 0 Å². The van der Waals surface area contributed by atoms with E-state index >= 15 is 0 Å². The second-order valence-electron chi connectivity index (χ2n) is 7.44. The number of esters is 1. The molecular formula is C16H9F21O2. The standard InChI is InChI=1S/C16H9F21O2/c1-3-6(38)39-5(17)4-8(20,21)10(24,25)12(28,29)14(32,33)16(36,37)15(34,35)13(30,31)11(26,27)9(22,23)7(2,18)19/h3,5H,1,4H2,2H3. The van der Waals surface area contributed by atoms with Crippen molar-refractivity contribution in [2.45, 2.75) is 78.9 Å². The number of rotatable bonds is 13. The molecule has 0 saturated heterocycles. The number of halogens is 21. The first-order valence-electron chi connectivity index (χ1n) is 8.85. The van der Waals surface area contributed by atoms with Crippen LogP contribution in [0.4, 0.5) is 92.2 Å². The van der Waals surface area contributed by atoms with Gasteiger partial charge in [0.2, 0.25) is 6.36 Å². The molecule has 1 unspecified atom stereocenters. The maximum Gasteiger partial charge on any atom is 0.385 e. The molecule has 0 aliphatic carbocycles. The Hall–Kier alpha value is -2.26. The van der Waals surface area contributed by atoms with Gasteiger partial charge in [-0.1, -0.05) is 6.58 Å². The molecule has 232 valence electrons. The third-order valence-electron chi connectivity index (χ3n) is 4.60. The Kier molecular flexibility index (Phi) is 9.12. The van der Waals surface area contributed by atoms with E-state index < -0.39 is 84.9 Å². The summed E-state index contributed by atoms with van der Waals surface area (Å²) in [6.07, 6.45) is -7.94. The highest BCUT2D eigenvalue weighted by Crippen LogP contribution is 2.66. The summed E-state index contributed by atoms with van der Waals surface area (Å²) in [5.41, 5.74) is 0. The minimum Gasteiger partial charge on any atom is -0.428 e. The minimum absolute atomic E-state index is 0.0951. The van der Waals surface area contributed by atoms with Crippen LogP contribution >= 0.6 is 0 Å². The van der Waals surface area contributed by atoms with E-state index in [1.54, 1.807) is 0 Å². The summed E-state index contributed by atoms with van der Waals surface area (Å²) < 4.78 is 284. The Bertz CT molecular complexity index is 915. The molecule has 0 fully saturated rings. The molecule has 0 radical (unpaired) electrons. The highest BCUT2D eigenvalue weighted by Gasteiger charge is 2.97. The van der Waals surface area contributed by atoms with Crippen LogP contribution in [0.3, 0.4) is 0 Å². The maximum absolute atomic E-state index is 13.7. The van der Waals surface area contributed by atoms with E-state index in [4.69, 9.17) is 0 Å². The molecule has 0 aromatic rings. The second kappa shape index (κ2) is 9.68. The summed E-state index contributed by atoms with van der Waals surface area (Å²) in [6, 6.07) is 0. The number of alkyl halides is 21. The van der Waals surface area contributed by atoms with Crippen LogP contribution in [0.2, 0.25) is 0 Å². The van der Waals surface area contributed by atoms with Crippen molar-refractivity contribution in [1.82, 2.24) is 0 Å². The highest BCUT2D eigenvalue weighted by atomic mass is 19.4. The van der Waals surface area contributed by atoms with Gasteiger partial charge in [-0.05, 0) is 0 Å². The monoisotopic (exact) mass is 632 g/mol. The molecule has 0 aliphatic heterocycles. The molecule has 2 nitrogen and oxygen atoms in total. The van der Waals surface area contributed by atoms with E-state index in [1.807, 2.05) is 0 Å². The van der Waals surface area contributed by atoms with E-state index in [-0.39, 0.29) is 6.08 Å².